The molecule has 0 aliphatic rings. The zero-order valence-corrected chi connectivity index (χ0v) is 20.0. The molecule has 4 aromatic rings. The van der Waals surface area contributed by atoms with Crippen LogP contribution in [0.25, 0.3) is 5.69 Å². The summed E-state index contributed by atoms with van der Waals surface area (Å²) in [6.07, 6.45) is 0. The largest absolute Gasteiger partial charge is 0.295 e. The van der Waals surface area contributed by atoms with Crippen molar-refractivity contribution in [3.05, 3.63) is 117 Å². The number of hydrogen-bond acceptors (Lipinski definition) is 2. The molecule has 0 radical (unpaired) electrons. The highest BCUT2D eigenvalue weighted by Gasteiger charge is 2.21. The van der Waals surface area contributed by atoms with Crippen molar-refractivity contribution in [2.75, 3.05) is 0 Å². The number of nitrogens with zero attached hydrogens (tertiary/aromatic N) is 2. The summed E-state index contributed by atoms with van der Waals surface area (Å²) in [6.45, 7) is 10.7. The van der Waals surface area contributed by atoms with Crippen LogP contribution in [0, 0.1) is 6.92 Å². The molecule has 168 valence electrons. The van der Waals surface area contributed by atoms with Crippen LogP contribution in [0.1, 0.15) is 67.5 Å². The maximum atomic E-state index is 13.7. The third-order valence-corrected chi connectivity index (χ3v) is 5.94. The van der Waals surface area contributed by atoms with Crippen LogP contribution in [-0.2, 0) is 0 Å². The third kappa shape index (κ3) is 4.47. The van der Waals surface area contributed by atoms with E-state index in [2.05, 4.69) is 51.0 Å². The van der Waals surface area contributed by atoms with E-state index < -0.39 is 0 Å². The van der Waals surface area contributed by atoms with Gasteiger partial charge in [-0.15, -0.1) is 0 Å². The van der Waals surface area contributed by atoms with Crippen molar-refractivity contribution >= 4 is 11.4 Å². The highest BCUT2D eigenvalue weighted by molar-refractivity contribution is 6.14. The number of aromatic amines is 1. The van der Waals surface area contributed by atoms with Gasteiger partial charge in [0.15, 0.2) is 0 Å². The molecule has 1 heterocycles. The molecule has 1 N–H and O–H groups in total. The van der Waals surface area contributed by atoms with Crippen LogP contribution in [0.15, 0.2) is 88.6 Å². The standard InChI is InChI=1S/C29H31N3O/c1-19(2)24-17-12-18-25(20(3)4)28(24)30-27(22-13-8-6-9-14-22)26-21(5)31-32(29(26)33)23-15-10-7-11-16-23/h6-20,31H,1-5H3. The Balaban J connectivity index is 2.03. The predicted molar refractivity (Wildman–Crippen MR) is 137 cm³/mol. The number of H-pyrrole nitrogens is 1. The first-order chi connectivity index (χ1) is 15.9. The molecule has 0 unspecified atom stereocenters. The highest BCUT2D eigenvalue weighted by Crippen LogP contribution is 2.35. The molecule has 0 bridgehead atoms. The van der Waals surface area contributed by atoms with Gasteiger partial charge < -0.3 is 0 Å². The van der Waals surface area contributed by atoms with E-state index >= 15 is 0 Å². The third-order valence-electron chi connectivity index (χ3n) is 5.94. The average molecular weight is 438 g/mol. The maximum absolute atomic E-state index is 13.7. The summed E-state index contributed by atoms with van der Waals surface area (Å²) >= 11 is 0. The first-order valence-corrected chi connectivity index (χ1v) is 11.5. The number of benzene rings is 3. The van der Waals surface area contributed by atoms with E-state index in [1.54, 1.807) is 4.68 Å². The van der Waals surface area contributed by atoms with Crippen molar-refractivity contribution in [1.82, 2.24) is 9.78 Å². The molecule has 0 aliphatic heterocycles. The second-order valence-corrected chi connectivity index (χ2v) is 9.01. The molecule has 33 heavy (non-hydrogen) atoms. The van der Waals surface area contributed by atoms with Gasteiger partial charge in [-0.25, -0.2) is 9.67 Å². The van der Waals surface area contributed by atoms with E-state index in [4.69, 9.17) is 4.99 Å². The summed E-state index contributed by atoms with van der Waals surface area (Å²) in [6, 6.07) is 26.0. The number of nitrogens with one attached hydrogen (secondary N) is 1. The lowest BCUT2D eigenvalue weighted by molar-refractivity contribution is 0.834. The van der Waals surface area contributed by atoms with Crippen LogP contribution >= 0.6 is 0 Å². The van der Waals surface area contributed by atoms with Gasteiger partial charge in [0, 0.05) is 11.3 Å². The van der Waals surface area contributed by atoms with Gasteiger partial charge >= 0.3 is 0 Å². The minimum absolute atomic E-state index is 0.102. The Bertz CT molecular complexity index is 1300. The molecule has 4 nitrogen and oxygen atoms in total. The number of rotatable bonds is 6. The molecule has 4 rings (SSSR count). The first kappa shape index (κ1) is 22.5. The fourth-order valence-corrected chi connectivity index (χ4v) is 4.20. The lowest BCUT2D eigenvalue weighted by Gasteiger charge is -2.18. The summed E-state index contributed by atoms with van der Waals surface area (Å²) < 4.78 is 1.60. The van der Waals surface area contributed by atoms with E-state index in [9.17, 15) is 4.79 Å². The van der Waals surface area contributed by atoms with E-state index in [-0.39, 0.29) is 5.56 Å². The molecule has 0 atom stereocenters. The van der Waals surface area contributed by atoms with Crippen LogP contribution in [0.5, 0.6) is 0 Å². The minimum atomic E-state index is -0.102. The smallest absolute Gasteiger partial charge is 0.280 e. The lowest BCUT2D eigenvalue weighted by atomic mass is 9.92. The molecular formula is C29H31N3O. The monoisotopic (exact) mass is 437 g/mol. The topological polar surface area (TPSA) is 50.1 Å². The van der Waals surface area contributed by atoms with E-state index in [0.29, 0.717) is 23.1 Å². The van der Waals surface area contributed by atoms with Crippen molar-refractivity contribution in [3.63, 3.8) is 0 Å². The molecule has 0 aliphatic carbocycles. The van der Waals surface area contributed by atoms with Crippen LogP contribution in [0.4, 0.5) is 5.69 Å². The van der Waals surface area contributed by atoms with Crippen LogP contribution in [0.2, 0.25) is 0 Å². The Labute approximate surface area is 195 Å². The molecule has 0 spiro atoms. The van der Waals surface area contributed by atoms with Crippen molar-refractivity contribution in [3.8, 4) is 5.69 Å². The second kappa shape index (κ2) is 9.45. The number of aromatic nitrogens is 2. The first-order valence-electron chi connectivity index (χ1n) is 11.5. The van der Waals surface area contributed by atoms with Crippen molar-refractivity contribution in [2.45, 2.75) is 46.5 Å². The van der Waals surface area contributed by atoms with Gasteiger partial charge in [0.1, 0.15) is 0 Å². The highest BCUT2D eigenvalue weighted by atomic mass is 16.1. The summed E-state index contributed by atoms with van der Waals surface area (Å²) in [5.74, 6) is 0.626. The van der Waals surface area contributed by atoms with Crippen molar-refractivity contribution < 1.29 is 0 Å². The van der Waals surface area contributed by atoms with E-state index in [1.807, 2.05) is 67.6 Å². The van der Waals surface area contributed by atoms with E-state index in [0.717, 1.165) is 22.6 Å². The van der Waals surface area contributed by atoms with Crippen LogP contribution in [-0.4, -0.2) is 15.5 Å². The molecule has 0 saturated heterocycles. The van der Waals surface area contributed by atoms with Crippen LogP contribution in [0.3, 0.4) is 0 Å². The Morgan fingerprint density at radius 2 is 1.33 bits per heavy atom. The summed E-state index contributed by atoms with van der Waals surface area (Å²) in [7, 11) is 0. The fourth-order valence-electron chi connectivity index (χ4n) is 4.20. The minimum Gasteiger partial charge on any atom is -0.295 e. The Kier molecular flexibility index (Phi) is 6.45. The van der Waals surface area contributed by atoms with Crippen LogP contribution < -0.4 is 5.56 Å². The van der Waals surface area contributed by atoms with Gasteiger partial charge in [0.2, 0.25) is 0 Å². The van der Waals surface area contributed by atoms with Gasteiger partial charge in [-0.3, -0.25) is 9.89 Å². The fraction of sp³-hybridized carbons (Fsp3) is 0.241. The Morgan fingerprint density at radius 3 is 1.88 bits per heavy atom. The number of hydrogen-bond donors (Lipinski definition) is 1. The molecule has 3 aromatic carbocycles. The molecule has 0 saturated carbocycles. The lowest BCUT2D eigenvalue weighted by Crippen LogP contribution is -2.21. The van der Waals surface area contributed by atoms with Gasteiger partial charge in [-0.05, 0) is 42.0 Å². The quantitative estimate of drug-likeness (QED) is 0.328. The molecular weight excluding hydrogens is 406 g/mol. The summed E-state index contributed by atoms with van der Waals surface area (Å²) in [4.78, 5) is 18.9. The normalized spacial score (nSPS) is 12.0. The Morgan fingerprint density at radius 1 is 0.788 bits per heavy atom. The van der Waals surface area contributed by atoms with E-state index in [1.165, 1.54) is 11.1 Å². The molecule has 0 fully saturated rings. The van der Waals surface area contributed by atoms with Gasteiger partial charge in [0.25, 0.3) is 5.56 Å². The Hall–Kier alpha value is -3.66. The second-order valence-electron chi connectivity index (χ2n) is 9.01. The zero-order valence-electron chi connectivity index (χ0n) is 20.0. The number of para-hydroxylation sites is 2. The molecule has 1 aromatic heterocycles. The zero-order chi connectivity index (χ0) is 23.5. The van der Waals surface area contributed by atoms with Crippen molar-refractivity contribution in [1.29, 1.82) is 0 Å². The number of aliphatic imine (C=N–C) groups is 1. The number of aryl methyl sites for hydroxylation is 1. The molecule has 4 heteroatoms. The van der Waals surface area contributed by atoms with Gasteiger partial charge in [-0.2, -0.15) is 0 Å². The summed E-state index contributed by atoms with van der Waals surface area (Å²) in [5.41, 5.74) is 7.04. The predicted octanol–water partition coefficient (Wildman–Crippen LogP) is 6.89. The van der Waals surface area contributed by atoms with Crippen molar-refractivity contribution in [2.24, 2.45) is 4.99 Å². The maximum Gasteiger partial charge on any atom is 0.280 e. The SMILES string of the molecule is Cc1[nH]n(-c2ccccc2)c(=O)c1C(=Nc1c(C(C)C)cccc1C(C)C)c1ccccc1. The molecule has 0 amide bonds. The van der Waals surface area contributed by atoms with Gasteiger partial charge in [0.05, 0.1) is 22.6 Å². The average Bonchev–Trinajstić information content (AvgIpc) is 3.12. The summed E-state index contributed by atoms with van der Waals surface area (Å²) in [5, 5.41) is 3.26. The van der Waals surface area contributed by atoms with Gasteiger partial charge in [-0.1, -0.05) is 94.4 Å².